The van der Waals surface area contributed by atoms with Crippen molar-refractivity contribution < 1.29 is 32.2 Å². The predicted molar refractivity (Wildman–Crippen MR) is 116 cm³/mol. The van der Waals surface area contributed by atoms with Crippen molar-refractivity contribution in [2.75, 3.05) is 44.5 Å². The van der Waals surface area contributed by atoms with Gasteiger partial charge in [0, 0.05) is 6.07 Å². The Hall–Kier alpha value is -3.14. The number of ether oxygens (including phenoxy) is 4. The number of nitrogens with one attached hydrogen (secondary N) is 1. The number of carbonyl (C=O) groups is 1. The van der Waals surface area contributed by atoms with Crippen LogP contribution in [0.5, 0.6) is 23.0 Å². The molecule has 1 aliphatic heterocycles. The zero-order valence-corrected chi connectivity index (χ0v) is 18.7. The van der Waals surface area contributed by atoms with Gasteiger partial charge in [0.2, 0.25) is 15.9 Å². The molecule has 0 bridgehead atoms. The number of hydrogen-bond donors (Lipinski definition) is 1. The van der Waals surface area contributed by atoms with E-state index < -0.39 is 22.5 Å². The summed E-state index contributed by atoms with van der Waals surface area (Å²) in [5, 5.41) is 2.83. The highest BCUT2D eigenvalue weighted by Gasteiger charge is 2.25. The average molecular weight is 451 g/mol. The van der Waals surface area contributed by atoms with Gasteiger partial charge in [-0.15, -0.1) is 0 Å². The predicted octanol–water partition coefficient (Wildman–Crippen LogP) is 2.12. The number of benzene rings is 2. The second kappa shape index (κ2) is 9.34. The fraction of sp³-hybridized carbons (Fsp3) is 0.381. The number of amides is 1. The Morgan fingerprint density at radius 2 is 1.81 bits per heavy atom. The van der Waals surface area contributed by atoms with E-state index in [1.54, 1.807) is 24.3 Å². The van der Waals surface area contributed by atoms with E-state index in [0.29, 0.717) is 30.5 Å². The number of fused-ring (bicyclic) bond motifs is 1. The molecule has 1 atom stereocenters. The zero-order chi connectivity index (χ0) is 22.6. The Balaban J connectivity index is 1.77. The van der Waals surface area contributed by atoms with Crippen LogP contribution in [0.2, 0.25) is 0 Å². The number of sulfonamides is 1. The molecule has 0 saturated carbocycles. The Morgan fingerprint density at radius 1 is 1.10 bits per heavy atom. The molecule has 9 nitrogen and oxygen atoms in total. The lowest BCUT2D eigenvalue weighted by Gasteiger charge is -2.25. The van der Waals surface area contributed by atoms with Crippen LogP contribution in [0.1, 0.15) is 18.5 Å². The van der Waals surface area contributed by atoms with Crippen LogP contribution >= 0.6 is 0 Å². The number of methoxy groups -OCH3 is 2. The third kappa shape index (κ3) is 5.32. The minimum atomic E-state index is -3.76. The third-order valence-electron chi connectivity index (χ3n) is 4.79. The molecule has 0 saturated heterocycles. The first-order valence-corrected chi connectivity index (χ1v) is 11.5. The number of anilines is 1. The van der Waals surface area contributed by atoms with Crippen molar-refractivity contribution in [2.24, 2.45) is 0 Å². The standard InChI is InChI=1S/C21H26N2O7S/c1-14(15-5-8-18-20(11-15)30-10-9-29-18)22-21(24)13-23(31(4,25)26)17-7-6-16(27-2)12-19(17)28-3/h5-8,11-12,14H,9-10,13H2,1-4H3,(H,22,24)/t14-/m0/s1. The fourth-order valence-electron chi connectivity index (χ4n) is 3.20. The number of rotatable bonds is 8. The molecule has 0 radical (unpaired) electrons. The third-order valence-corrected chi connectivity index (χ3v) is 5.91. The van der Waals surface area contributed by atoms with Crippen molar-refractivity contribution in [1.82, 2.24) is 5.32 Å². The van der Waals surface area contributed by atoms with E-state index in [-0.39, 0.29) is 17.5 Å². The molecule has 0 unspecified atom stereocenters. The first-order valence-electron chi connectivity index (χ1n) is 9.61. The highest BCUT2D eigenvalue weighted by molar-refractivity contribution is 7.92. The van der Waals surface area contributed by atoms with Gasteiger partial charge in [0.1, 0.15) is 31.3 Å². The van der Waals surface area contributed by atoms with Crippen molar-refractivity contribution in [3.8, 4) is 23.0 Å². The Labute approximate surface area is 181 Å². The Kier molecular flexibility index (Phi) is 6.79. The molecule has 10 heteroatoms. The summed E-state index contributed by atoms with van der Waals surface area (Å²) in [7, 11) is -0.848. The van der Waals surface area contributed by atoms with Gasteiger partial charge in [-0.2, -0.15) is 0 Å². The van der Waals surface area contributed by atoms with Gasteiger partial charge in [-0.1, -0.05) is 6.07 Å². The summed E-state index contributed by atoms with van der Waals surface area (Å²) in [6.07, 6.45) is 1.04. The van der Waals surface area contributed by atoms with Gasteiger partial charge >= 0.3 is 0 Å². The fourth-order valence-corrected chi connectivity index (χ4v) is 4.06. The van der Waals surface area contributed by atoms with E-state index in [4.69, 9.17) is 18.9 Å². The van der Waals surface area contributed by atoms with Gasteiger partial charge < -0.3 is 24.3 Å². The molecule has 31 heavy (non-hydrogen) atoms. The van der Waals surface area contributed by atoms with Crippen molar-refractivity contribution in [1.29, 1.82) is 0 Å². The highest BCUT2D eigenvalue weighted by Crippen LogP contribution is 2.34. The van der Waals surface area contributed by atoms with Crippen LogP contribution < -0.4 is 28.6 Å². The molecule has 2 aromatic rings. The highest BCUT2D eigenvalue weighted by atomic mass is 32.2. The van der Waals surface area contributed by atoms with Crippen molar-refractivity contribution >= 4 is 21.6 Å². The summed E-state index contributed by atoms with van der Waals surface area (Å²) in [5.41, 5.74) is 1.05. The molecule has 3 rings (SSSR count). The summed E-state index contributed by atoms with van der Waals surface area (Å²) >= 11 is 0. The molecular weight excluding hydrogens is 424 g/mol. The first-order chi connectivity index (χ1) is 14.7. The van der Waals surface area contributed by atoms with Crippen molar-refractivity contribution in [3.63, 3.8) is 0 Å². The molecule has 1 heterocycles. The maximum absolute atomic E-state index is 12.7. The van der Waals surface area contributed by atoms with Gasteiger partial charge in [-0.3, -0.25) is 9.10 Å². The van der Waals surface area contributed by atoms with Crippen molar-refractivity contribution in [3.05, 3.63) is 42.0 Å². The molecule has 0 aliphatic carbocycles. The normalized spacial score (nSPS) is 13.8. The van der Waals surface area contributed by atoms with Gasteiger partial charge in [-0.05, 0) is 36.8 Å². The second-order valence-corrected chi connectivity index (χ2v) is 8.91. The topological polar surface area (TPSA) is 103 Å². The molecule has 2 aromatic carbocycles. The summed E-state index contributed by atoms with van der Waals surface area (Å²) < 4.78 is 47.4. The van der Waals surface area contributed by atoms with Gasteiger partial charge in [0.25, 0.3) is 0 Å². The molecule has 0 aromatic heterocycles. The monoisotopic (exact) mass is 450 g/mol. The Bertz CT molecular complexity index is 1060. The van der Waals surface area contributed by atoms with E-state index in [2.05, 4.69) is 5.32 Å². The van der Waals surface area contributed by atoms with Gasteiger partial charge in [0.05, 0.1) is 32.2 Å². The van der Waals surface area contributed by atoms with Crippen LogP contribution in [-0.2, 0) is 14.8 Å². The summed E-state index contributed by atoms with van der Waals surface area (Å²) in [5.74, 6) is 1.59. The maximum atomic E-state index is 12.7. The number of nitrogens with zero attached hydrogens (tertiary/aromatic N) is 1. The first kappa shape index (κ1) is 22.5. The minimum Gasteiger partial charge on any atom is -0.497 e. The summed E-state index contributed by atoms with van der Waals surface area (Å²) in [6.45, 7) is 2.36. The lowest BCUT2D eigenvalue weighted by atomic mass is 10.1. The molecule has 0 fully saturated rings. The van der Waals surface area contributed by atoms with Crippen LogP contribution in [0.3, 0.4) is 0 Å². The van der Waals surface area contributed by atoms with E-state index in [1.807, 2.05) is 13.0 Å². The summed E-state index contributed by atoms with van der Waals surface area (Å²) in [6, 6.07) is 9.75. The minimum absolute atomic E-state index is 0.243. The molecule has 1 amide bonds. The van der Waals surface area contributed by atoms with Gasteiger partial charge in [-0.25, -0.2) is 8.42 Å². The zero-order valence-electron chi connectivity index (χ0n) is 17.9. The second-order valence-electron chi connectivity index (χ2n) is 7.00. The van der Waals surface area contributed by atoms with Gasteiger partial charge in [0.15, 0.2) is 11.5 Å². The quantitative estimate of drug-likeness (QED) is 0.657. The summed E-state index contributed by atoms with van der Waals surface area (Å²) in [4.78, 5) is 12.7. The molecular formula is C21H26N2O7S. The van der Waals surface area contributed by atoms with Crippen LogP contribution in [-0.4, -0.2) is 54.6 Å². The molecule has 1 aliphatic rings. The smallest absolute Gasteiger partial charge is 0.241 e. The molecule has 168 valence electrons. The van der Waals surface area contributed by atoms with Crippen LogP contribution in [0.25, 0.3) is 0 Å². The van der Waals surface area contributed by atoms with E-state index >= 15 is 0 Å². The lowest BCUT2D eigenvalue weighted by molar-refractivity contribution is -0.120. The lowest BCUT2D eigenvalue weighted by Crippen LogP contribution is -2.41. The Morgan fingerprint density at radius 3 is 2.45 bits per heavy atom. The number of carbonyl (C=O) groups excluding carboxylic acids is 1. The largest absolute Gasteiger partial charge is 0.497 e. The van der Waals surface area contributed by atoms with Crippen LogP contribution in [0, 0.1) is 0 Å². The van der Waals surface area contributed by atoms with E-state index in [1.165, 1.54) is 20.3 Å². The molecule has 1 N–H and O–H groups in total. The van der Waals surface area contributed by atoms with Crippen LogP contribution in [0.4, 0.5) is 5.69 Å². The van der Waals surface area contributed by atoms with Crippen LogP contribution in [0.15, 0.2) is 36.4 Å². The maximum Gasteiger partial charge on any atom is 0.241 e. The molecule has 0 spiro atoms. The number of hydrogen-bond acceptors (Lipinski definition) is 7. The van der Waals surface area contributed by atoms with Crippen molar-refractivity contribution in [2.45, 2.75) is 13.0 Å². The van der Waals surface area contributed by atoms with E-state index in [9.17, 15) is 13.2 Å². The average Bonchev–Trinajstić information content (AvgIpc) is 2.76. The van der Waals surface area contributed by atoms with E-state index in [0.717, 1.165) is 16.1 Å². The SMILES string of the molecule is COc1ccc(N(CC(=O)N[C@@H](C)c2ccc3c(c2)OCCO3)S(C)(=O)=O)c(OC)c1.